The second kappa shape index (κ2) is 8.65. The van der Waals surface area contributed by atoms with Gasteiger partial charge in [-0.1, -0.05) is 0 Å². The minimum atomic E-state index is 0. The standard InChI is InChI=1S/C15H19N7O2.HI/c1-9-10(2)24-13(19-9)8-18-15(16-3)17-7-12-20-14(22-21-12)11-5-4-6-23-11;/h4-6H,7-8H2,1-3H3,(H2,16,17,18)(H,20,21,22);1H. The zero-order chi connectivity index (χ0) is 16.9. The Bertz CT molecular complexity index is 803. The average Bonchev–Trinajstić information content (AvgIpc) is 3.30. The highest BCUT2D eigenvalue weighted by molar-refractivity contribution is 14.0. The van der Waals surface area contributed by atoms with Crippen LogP contribution in [0.3, 0.4) is 0 Å². The fourth-order valence-electron chi connectivity index (χ4n) is 2.05. The molecule has 0 bridgehead atoms. The van der Waals surface area contributed by atoms with Gasteiger partial charge in [0.05, 0.1) is 25.0 Å². The Morgan fingerprint density at radius 3 is 2.68 bits per heavy atom. The average molecular weight is 457 g/mol. The monoisotopic (exact) mass is 457 g/mol. The van der Waals surface area contributed by atoms with Crippen molar-refractivity contribution < 1.29 is 8.83 Å². The first-order valence-electron chi connectivity index (χ1n) is 7.48. The van der Waals surface area contributed by atoms with Gasteiger partial charge in [0.1, 0.15) is 11.6 Å². The number of aliphatic imine (C=N–C) groups is 1. The predicted molar refractivity (Wildman–Crippen MR) is 103 cm³/mol. The molecule has 25 heavy (non-hydrogen) atoms. The molecule has 0 radical (unpaired) electrons. The van der Waals surface area contributed by atoms with Gasteiger partial charge in [-0.2, -0.15) is 0 Å². The van der Waals surface area contributed by atoms with Gasteiger partial charge in [-0.05, 0) is 26.0 Å². The third-order valence-electron chi connectivity index (χ3n) is 3.40. The summed E-state index contributed by atoms with van der Waals surface area (Å²) in [6.07, 6.45) is 1.58. The van der Waals surface area contributed by atoms with E-state index in [2.05, 4.69) is 35.8 Å². The molecule has 3 heterocycles. The van der Waals surface area contributed by atoms with E-state index in [1.807, 2.05) is 13.8 Å². The molecular weight excluding hydrogens is 437 g/mol. The number of oxazole rings is 1. The molecule has 3 N–H and O–H groups in total. The first-order chi connectivity index (χ1) is 11.7. The minimum absolute atomic E-state index is 0. The van der Waals surface area contributed by atoms with Gasteiger partial charge in [0, 0.05) is 7.05 Å². The van der Waals surface area contributed by atoms with Crippen LogP contribution in [0.4, 0.5) is 0 Å². The summed E-state index contributed by atoms with van der Waals surface area (Å²) in [4.78, 5) is 12.8. The van der Waals surface area contributed by atoms with Crippen LogP contribution in [0.2, 0.25) is 0 Å². The van der Waals surface area contributed by atoms with Crippen LogP contribution in [0.15, 0.2) is 32.2 Å². The summed E-state index contributed by atoms with van der Waals surface area (Å²) >= 11 is 0. The predicted octanol–water partition coefficient (Wildman–Crippen LogP) is 2.15. The normalized spacial score (nSPS) is 11.2. The molecule has 3 aromatic rings. The lowest BCUT2D eigenvalue weighted by Gasteiger charge is -2.08. The van der Waals surface area contributed by atoms with Crippen molar-refractivity contribution >= 4 is 29.9 Å². The number of hydrogen-bond donors (Lipinski definition) is 3. The Kier molecular flexibility index (Phi) is 6.56. The van der Waals surface area contributed by atoms with Gasteiger partial charge in [0.25, 0.3) is 0 Å². The molecule has 9 nitrogen and oxygen atoms in total. The Morgan fingerprint density at radius 1 is 1.24 bits per heavy atom. The number of aromatic amines is 1. The van der Waals surface area contributed by atoms with Gasteiger partial charge >= 0.3 is 0 Å². The number of hydrogen-bond acceptors (Lipinski definition) is 6. The van der Waals surface area contributed by atoms with Crippen LogP contribution in [-0.4, -0.2) is 33.2 Å². The van der Waals surface area contributed by atoms with Crippen LogP contribution in [-0.2, 0) is 13.1 Å². The fourth-order valence-corrected chi connectivity index (χ4v) is 2.05. The molecule has 0 amide bonds. The van der Waals surface area contributed by atoms with E-state index in [-0.39, 0.29) is 24.0 Å². The van der Waals surface area contributed by atoms with E-state index in [1.165, 1.54) is 0 Å². The maximum atomic E-state index is 5.52. The number of nitrogens with one attached hydrogen (secondary N) is 3. The number of rotatable bonds is 5. The van der Waals surface area contributed by atoms with Crippen molar-refractivity contribution in [1.29, 1.82) is 0 Å². The summed E-state index contributed by atoms with van der Waals surface area (Å²) < 4.78 is 10.8. The first kappa shape index (κ1) is 19.0. The van der Waals surface area contributed by atoms with Gasteiger partial charge in [0.15, 0.2) is 11.7 Å². The van der Waals surface area contributed by atoms with Crippen molar-refractivity contribution in [3.63, 3.8) is 0 Å². The highest BCUT2D eigenvalue weighted by atomic mass is 127. The lowest BCUT2D eigenvalue weighted by Crippen LogP contribution is -2.36. The van der Waals surface area contributed by atoms with E-state index in [1.54, 1.807) is 25.4 Å². The Hall–Kier alpha value is -2.37. The van der Waals surface area contributed by atoms with Crippen molar-refractivity contribution in [3.05, 3.63) is 41.6 Å². The van der Waals surface area contributed by atoms with E-state index in [4.69, 9.17) is 8.83 Å². The Morgan fingerprint density at radius 2 is 2.04 bits per heavy atom. The lowest BCUT2D eigenvalue weighted by atomic mass is 10.4. The van der Waals surface area contributed by atoms with Crippen molar-refractivity contribution in [3.8, 4) is 11.6 Å². The third-order valence-corrected chi connectivity index (χ3v) is 3.40. The second-order valence-electron chi connectivity index (χ2n) is 5.11. The van der Waals surface area contributed by atoms with Gasteiger partial charge in [-0.25, -0.2) is 9.97 Å². The van der Waals surface area contributed by atoms with Crippen LogP contribution in [0.1, 0.15) is 23.2 Å². The number of furan rings is 1. The summed E-state index contributed by atoms with van der Waals surface area (Å²) in [5.41, 5.74) is 0.891. The van der Waals surface area contributed by atoms with Crippen molar-refractivity contribution in [2.75, 3.05) is 7.05 Å². The largest absolute Gasteiger partial charge is 0.461 e. The molecule has 3 rings (SSSR count). The third kappa shape index (κ3) is 4.81. The molecule has 0 aromatic carbocycles. The molecule has 134 valence electrons. The van der Waals surface area contributed by atoms with Crippen LogP contribution in [0.5, 0.6) is 0 Å². The highest BCUT2D eigenvalue weighted by Crippen LogP contribution is 2.14. The number of halogens is 1. The van der Waals surface area contributed by atoms with E-state index in [0.717, 1.165) is 11.5 Å². The molecule has 0 saturated carbocycles. The topological polar surface area (TPSA) is 117 Å². The quantitative estimate of drug-likeness (QED) is 0.305. The van der Waals surface area contributed by atoms with E-state index in [9.17, 15) is 0 Å². The summed E-state index contributed by atoms with van der Waals surface area (Å²) in [6.45, 7) is 4.69. The Balaban J connectivity index is 0.00000225. The fraction of sp³-hybridized carbons (Fsp3) is 0.333. The van der Waals surface area contributed by atoms with E-state index in [0.29, 0.717) is 42.3 Å². The van der Waals surface area contributed by atoms with Gasteiger partial charge in [0.2, 0.25) is 11.7 Å². The molecule has 3 aromatic heterocycles. The van der Waals surface area contributed by atoms with Crippen molar-refractivity contribution in [1.82, 2.24) is 30.8 Å². The van der Waals surface area contributed by atoms with Crippen LogP contribution >= 0.6 is 24.0 Å². The molecular formula is C15H20IN7O2. The van der Waals surface area contributed by atoms with Gasteiger partial charge < -0.3 is 19.5 Å². The maximum absolute atomic E-state index is 5.52. The Labute approximate surface area is 161 Å². The van der Waals surface area contributed by atoms with Crippen LogP contribution < -0.4 is 10.6 Å². The minimum Gasteiger partial charge on any atom is -0.461 e. The molecule has 0 aliphatic heterocycles. The summed E-state index contributed by atoms with van der Waals surface area (Å²) in [5.74, 6) is 3.86. The SMILES string of the molecule is CN=C(NCc1nc(-c2ccco2)n[nH]1)NCc1nc(C)c(C)o1.I. The van der Waals surface area contributed by atoms with Crippen molar-refractivity contribution in [2.24, 2.45) is 4.99 Å². The number of H-pyrrole nitrogens is 1. The molecule has 0 aliphatic rings. The number of guanidine groups is 1. The molecule has 0 atom stereocenters. The zero-order valence-corrected chi connectivity index (χ0v) is 16.5. The number of aryl methyl sites for hydroxylation is 2. The second-order valence-corrected chi connectivity index (χ2v) is 5.11. The summed E-state index contributed by atoms with van der Waals surface area (Å²) in [5, 5.41) is 13.2. The maximum Gasteiger partial charge on any atom is 0.216 e. The summed E-state index contributed by atoms with van der Waals surface area (Å²) in [6, 6.07) is 3.60. The smallest absolute Gasteiger partial charge is 0.216 e. The molecule has 0 aliphatic carbocycles. The van der Waals surface area contributed by atoms with E-state index >= 15 is 0 Å². The number of aromatic nitrogens is 4. The molecule has 10 heteroatoms. The van der Waals surface area contributed by atoms with Gasteiger partial charge in [-0.15, -0.1) is 29.1 Å². The van der Waals surface area contributed by atoms with Gasteiger partial charge in [-0.3, -0.25) is 10.1 Å². The molecule has 0 fully saturated rings. The lowest BCUT2D eigenvalue weighted by molar-refractivity contribution is 0.463. The van der Waals surface area contributed by atoms with Crippen LogP contribution in [0, 0.1) is 13.8 Å². The molecule has 0 unspecified atom stereocenters. The molecule has 0 saturated heterocycles. The summed E-state index contributed by atoms with van der Waals surface area (Å²) in [7, 11) is 1.69. The highest BCUT2D eigenvalue weighted by Gasteiger charge is 2.09. The first-order valence-corrected chi connectivity index (χ1v) is 7.48. The van der Waals surface area contributed by atoms with Crippen molar-refractivity contribution in [2.45, 2.75) is 26.9 Å². The number of nitrogens with zero attached hydrogens (tertiary/aromatic N) is 4. The van der Waals surface area contributed by atoms with Crippen LogP contribution in [0.25, 0.3) is 11.6 Å². The zero-order valence-electron chi connectivity index (χ0n) is 14.2. The molecule has 0 spiro atoms. The van der Waals surface area contributed by atoms with E-state index < -0.39 is 0 Å².